The highest BCUT2D eigenvalue weighted by Gasteiger charge is 2.48. The average molecular weight is 224 g/mol. The minimum absolute atomic E-state index is 0.0160. The van der Waals surface area contributed by atoms with E-state index >= 15 is 0 Å². The van der Waals surface area contributed by atoms with E-state index in [1.807, 2.05) is 0 Å². The van der Waals surface area contributed by atoms with Crippen molar-refractivity contribution in [1.82, 2.24) is 0 Å². The second kappa shape index (κ2) is 4.60. The van der Waals surface area contributed by atoms with Crippen LogP contribution in [0.1, 0.15) is 53.4 Å². The summed E-state index contributed by atoms with van der Waals surface area (Å²) in [5.41, 5.74) is -0.351. The van der Waals surface area contributed by atoms with E-state index in [9.17, 15) is 4.79 Å². The number of carbonyl (C=O) groups excluding carboxylic acids is 1. The SMILES string of the molecule is C=CC(=O)OC1(C)CCCCC(C)C1(C)C. The van der Waals surface area contributed by atoms with E-state index in [1.54, 1.807) is 0 Å². The maximum Gasteiger partial charge on any atom is 0.330 e. The summed E-state index contributed by atoms with van der Waals surface area (Å²) in [5.74, 6) is 0.266. The molecule has 1 rings (SSSR count). The minimum Gasteiger partial charge on any atom is -0.456 e. The van der Waals surface area contributed by atoms with Gasteiger partial charge in [0.1, 0.15) is 5.60 Å². The third kappa shape index (κ3) is 2.31. The lowest BCUT2D eigenvalue weighted by molar-refractivity contribution is -0.170. The van der Waals surface area contributed by atoms with Gasteiger partial charge >= 0.3 is 5.97 Å². The van der Waals surface area contributed by atoms with Gasteiger partial charge in [-0.2, -0.15) is 0 Å². The molecule has 0 saturated heterocycles. The van der Waals surface area contributed by atoms with Crippen LogP contribution in [0.5, 0.6) is 0 Å². The smallest absolute Gasteiger partial charge is 0.330 e. The molecule has 1 aliphatic rings. The molecule has 1 saturated carbocycles. The van der Waals surface area contributed by atoms with Gasteiger partial charge in [-0.05, 0) is 25.7 Å². The molecular weight excluding hydrogens is 200 g/mol. The van der Waals surface area contributed by atoms with E-state index in [2.05, 4.69) is 34.3 Å². The van der Waals surface area contributed by atoms with Gasteiger partial charge in [0, 0.05) is 11.5 Å². The summed E-state index contributed by atoms with van der Waals surface area (Å²) in [6, 6.07) is 0. The Hall–Kier alpha value is -0.790. The number of rotatable bonds is 2. The highest BCUT2D eigenvalue weighted by molar-refractivity contribution is 5.81. The molecule has 2 atom stereocenters. The van der Waals surface area contributed by atoms with Crippen molar-refractivity contribution >= 4 is 5.97 Å². The van der Waals surface area contributed by atoms with Crippen LogP contribution in [0.4, 0.5) is 0 Å². The van der Waals surface area contributed by atoms with Crippen molar-refractivity contribution in [3.63, 3.8) is 0 Å². The van der Waals surface area contributed by atoms with Crippen molar-refractivity contribution in [2.24, 2.45) is 11.3 Å². The molecule has 1 fully saturated rings. The molecule has 0 bridgehead atoms. The lowest BCUT2D eigenvalue weighted by Crippen LogP contribution is -2.48. The zero-order valence-corrected chi connectivity index (χ0v) is 11.0. The van der Waals surface area contributed by atoms with Crippen molar-refractivity contribution in [2.75, 3.05) is 0 Å². The number of carbonyl (C=O) groups is 1. The zero-order chi connectivity index (χ0) is 12.4. The molecule has 0 radical (unpaired) electrons. The summed E-state index contributed by atoms with van der Waals surface area (Å²) in [4.78, 5) is 11.5. The number of esters is 1. The number of ether oxygens (including phenoxy) is 1. The first-order valence-corrected chi connectivity index (χ1v) is 6.19. The Bertz CT molecular complexity index is 280. The van der Waals surface area contributed by atoms with Crippen molar-refractivity contribution < 1.29 is 9.53 Å². The lowest BCUT2D eigenvalue weighted by Gasteiger charge is -2.45. The minimum atomic E-state index is -0.367. The predicted octanol–water partition coefficient (Wildman–Crippen LogP) is 3.71. The molecule has 0 aliphatic heterocycles. The molecule has 0 heterocycles. The average Bonchev–Trinajstić information content (AvgIpc) is 2.30. The first kappa shape index (κ1) is 13.3. The molecule has 1 aliphatic carbocycles. The molecule has 0 N–H and O–H groups in total. The molecule has 16 heavy (non-hydrogen) atoms. The molecule has 2 heteroatoms. The second-order valence-electron chi connectivity index (χ2n) is 5.72. The molecule has 0 amide bonds. The van der Waals surface area contributed by atoms with Crippen LogP contribution in [0, 0.1) is 11.3 Å². The summed E-state index contributed by atoms with van der Waals surface area (Å²) in [6.07, 6.45) is 5.79. The summed E-state index contributed by atoms with van der Waals surface area (Å²) >= 11 is 0. The highest BCUT2D eigenvalue weighted by Crippen LogP contribution is 2.48. The fraction of sp³-hybridized carbons (Fsp3) is 0.786. The highest BCUT2D eigenvalue weighted by atomic mass is 16.6. The monoisotopic (exact) mass is 224 g/mol. The number of hydrogen-bond acceptors (Lipinski definition) is 2. The third-order valence-corrected chi connectivity index (χ3v) is 4.63. The lowest BCUT2D eigenvalue weighted by atomic mass is 9.67. The van der Waals surface area contributed by atoms with Gasteiger partial charge in [0.05, 0.1) is 0 Å². The van der Waals surface area contributed by atoms with E-state index in [-0.39, 0.29) is 17.0 Å². The fourth-order valence-corrected chi connectivity index (χ4v) is 2.56. The van der Waals surface area contributed by atoms with Crippen molar-refractivity contribution in [3.8, 4) is 0 Å². The molecule has 0 aromatic heterocycles. The molecular formula is C14H24O2. The Morgan fingerprint density at radius 2 is 2.00 bits per heavy atom. The van der Waals surface area contributed by atoms with Crippen LogP contribution in [0.3, 0.4) is 0 Å². The van der Waals surface area contributed by atoms with Crippen molar-refractivity contribution in [1.29, 1.82) is 0 Å². The van der Waals surface area contributed by atoms with Crippen LogP contribution >= 0.6 is 0 Å². The van der Waals surface area contributed by atoms with E-state index in [0.29, 0.717) is 5.92 Å². The van der Waals surface area contributed by atoms with Gasteiger partial charge in [-0.15, -0.1) is 0 Å². The zero-order valence-electron chi connectivity index (χ0n) is 11.0. The van der Waals surface area contributed by atoms with Crippen LogP contribution in [-0.4, -0.2) is 11.6 Å². The van der Waals surface area contributed by atoms with E-state index in [1.165, 1.54) is 18.9 Å². The molecule has 2 nitrogen and oxygen atoms in total. The van der Waals surface area contributed by atoms with Crippen LogP contribution in [0.15, 0.2) is 12.7 Å². The Morgan fingerprint density at radius 1 is 1.38 bits per heavy atom. The van der Waals surface area contributed by atoms with Crippen LogP contribution in [-0.2, 0) is 9.53 Å². The fourth-order valence-electron chi connectivity index (χ4n) is 2.56. The largest absolute Gasteiger partial charge is 0.456 e. The summed E-state index contributed by atoms with van der Waals surface area (Å²) in [5, 5.41) is 0. The maximum atomic E-state index is 11.5. The van der Waals surface area contributed by atoms with Gasteiger partial charge in [0.15, 0.2) is 0 Å². The van der Waals surface area contributed by atoms with Gasteiger partial charge < -0.3 is 4.74 Å². The molecule has 92 valence electrons. The first-order valence-electron chi connectivity index (χ1n) is 6.19. The Labute approximate surface area is 99.1 Å². The second-order valence-corrected chi connectivity index (χ2v) is 5.72. The van der Waals surface area contributed by atoms with Crippen LogP contribution in [0.2, 0.25) is 0 Å². The Balaban J connectivity index is 2.96. The maximum absolute atomic E-state index is 11.5. The predicted molar refractivity (Wildman–Crippen MR) is 66.1 cm³/mol. The summed E-state index contributed by atoms with van der Waals surface area (Å²) in [6.45, 7) is 12.2. The molecule has 2 unspecified atom stereocenters. The molecule has 0 spiro atoms. The van der Waals surface area contributed by atoms with E-state index in [4.69, 9.17) is 4.74 Å². The van der Waals surface area contributed by atoms with E-state index < -0.39 is 0 Å². The van der Waals surface area contributed by atoms with Gasteiger partial charge in [0.2, 0.25) is 0 Å². The Kier molecular flexibility index (Phi) is 3.82. The summed E-state index contributed by atoms with van der Waals surface area (Å²) < 4.78 is 5.64. The normalized spacial score (nSPS) is 33.9. The van der Waals surface area contributed by atoms with Gasteiger partial charge in [-0.1, -0.05) is 40.2 Å². The molecule has 0 aromatic carbocycles. The number of hydrogen-bond donors (Lipinski definition) is 0. The third-order valence-electron chi connectivity index (χ3n) is 4.63. The quantitative estimate of drug-likeness (QED) is 0.406. The van der Waals surface area contributed by atoms with E-state index in [0.717, 1.165) is 12.8 Å². The standard InChI is InChI=1S/C14H24O2/c1-6-12(15)16-14(5)10-8-7-9-11(2)13(14,3)4/h6,11H,1,7-10H2,2-5H3. The van der Waals surface area contributed by atoms with Gasteiger partial charge in [0.25, 0.3) is 0 Å². The van der Waals surface area contributed by atoms with Crippen LogP contribution < -0.4 is 0 Å². The van der Waals surface area contributed by atoms with Crippen molar-refractivity contribution in [3.05, 3.63) is 12.7 Å². The van der Waals surface area contributed by atoms with Gasteiger partial charge in [-0.3, -0.25) is 0 Å². The van der Waals surface area contributed by atoms with Crippen molar-refractivity contribution in [2.45, 2.75) is 59.0 Å². The summed E-state index contributed by atoms with van der Waals surface area (Å²) in [7, 11) is 0. The molecule has 0 aromatic rings. The Morgan fingerprint density at radius 3 is 2.56 bits per heavy atom. The van der Waals surface area contributed by atoms with Gasteiger partial charge in [-0.25, -0.2) is 4.79 Å². The van der Waals surface area contributed by atoms with Crippen LogP contribution in [0.25, 0.3) is 0 Å². The topological polar surface area (TPSA) is 26.3 Å². The first-order chi connectivity index (χ1) is 7.33.